The molecule has 6 nitrogen and oxygen atoms in total. The number of carboxylic acid groups (broad SMARTS) is 1. The molecule has 2 atom stereocenters. The van der Waals surface area contributed by atoms with Crippen LogP contribution in [0.1, 0.15) is 24.8 Å². The van der Waals surface area contributed by atoms with E-state index in [0.29, 0.717) is 19.3 Å². The Morgan fingerprint density at radius 1 is 1.23 bits per heavy atom. The summed E-state index contributed by atoms with van der Waals surface area (Å²) in [4.78, 5) is 13.3. The van der Waals surface area contributed by atoms with Gasteiger partial charge in [-0.15, -0.1) is 0 Å². The fourth-order valence-corrected chi connectivity index (χ4v) is 3.80. The van der Waals surface area contributed by atoms with E-state index >= 15 is 0 Å². The minimum Gasteiger partial charge on any atom is -0.480 e. The molecule has 0 saturated carbocycles. The number of benzene rings is 1. The second-order valence-corrected chi connectivity index (χ2v) is 7.23. The van der Waals surface area contributed by atoms with Crippen molar-refractivity contribution in [1.82, 2.24) is 10.2 Å². The van der Waals surface area contributed by atoms with Crippen LogP contribution in [0.15, 0.2) is 30.3 Å². The highest BCUT2D eigenvalue weighted by Crippen LogP contribution is 2.17. The van der Waals surface area contributed by atoms with Gasteiger partial charge in [-0.2, -0.15) is 0 Å². The minimum atomic E-state index is -0.930. The highest BCUT2D eigenvalue weighted by Gasteiger charge is 2.30. The maximum Gasteiger partial charge on any atom is 0.329 e. The number of ether oxygens (including phenoxy) is 2. The molecule has 144 valence electrons. The zero-order valence-corrected chi connectivity index (χ0v) is 15.3. The van der Waals surface area contributed by atoms with Crippen molar-refractivity contribution in [2.24, 2.45) is 0 Å². The van der Waals surface area contributed by atoms with Gasteiger partial charge in [-0.25, -0.2) is 4.79 Å². The first-order valence-electron chi connectivity index (χ1n) is 9.64. The van der Waals surface area contributed by atoms with E-state index in [1.807, 2.05) is 0 Å². The van der Waals surface area contributed by atoms with Gasteiger partial charge in [0, 0.05) is 25.2 Å². The van der Waals surface area contributed by atoms with Gasteiger partial charge in [0.2, 0.25) is 0 Å². The monoisotopic (exact) mass is 362 g/mol. The first-order chi connectivity index (χ1) is 12.7. The predicted octanol–water partition coefficient (Wildman–Crippen LogP) is 1.54. The fourth-order valence-electron chi connectivity index (χ4n) is 3.80. The number of nitrogens with zero attached hydrogens (tertiary/aromatic N) is 1. The largest absolute Gasteiger partial charge is 0.480 e. The van der Waals surface area contributed by atoms with Gasteiger partial charge in [-0.1, -0.05) is 30.3 Å². The molecule has 2 heterocycles. The van der Waals surface area contributed by atoms with Gasteiger partial charge >= 0.3 is 5.97 Å². The van der Waals surface area contributed by atoms with Crippen molar-refractivity contribution in [2.75, 3.05) is 39.5 Å². The number of piperidine rings is 1. The number of nitrogens with one attached hydrogen (secondary N) is 1. The lowest BCUT2D eigenvalue weighted by atomic mass is 9.99. The van der Waals surface area contributed by atoms with Crippen LogP contribution in [0, 0.1) is 0 Å². The quantitative estimate of drug-likeness (QED) is 0.731. The Morgan fingerprint density at radius 2 is 2.00 bits per heavy atom. The van der Waals surface area contributed by atoms with E-state index in [9.17, 15) is 4.79 Å². The molecule has 0 radical (unpaired) electrons. The lowest BCUT2D eigenvalue weighted by molar-refractivity contribution is -0.148. The lowest BCUT2D eigenvalue weighted by Crippen LogP contribution is -2.54. The molecular weight excluding hydrogens is 332 g/mol. The summed E-state index contributed by atoms with van der Waals surface area (Å²) in [6.07, 6.45) is 4.05. The molecule has 0 bridgehead atoms. The summed E-state index contributed by atoms with van der Waals surface area (Å²) in [5.41, 5.74) is 1.40. The van der Waals surface area contributed by atoms with Crippen molar-refractivity contribution in [1.29, 1.82) is 0 Å². The SMILES string of the molecule is O=C(O)CO[C@@H]1COCC[C@H]1NC1CCN(CCc2ccccc2)CC1. The molecule has 2 aliphatic heterocycles. The first-order valence-corrected chi connectivity index (χ1v) is 9.64. The zero-order valence-electron chi connectivity index (χ0n) is 15.3. The first kappa shape index (κ1) is 19.3. The van der Waals surface area contributed by atoms with Gasteiger partial charge in [0.05, 0.1) is 12.7 Å². The number of carbonyl (C=O) groups is 1. The Bertz CT molecular complexity index is 546. The maximum absolute atomic E-state index is 10.7. The predicted molar refractivity (Wildman–Crippen MR) is 99.3 cm³/mol. The van der Waals surface area contributed by atoms with Gasteiger partial charge in [0.15, 0.2) is 0 Å². The second-order valence-electron chi connectivity index (χ2n) is 7.23. The lowest BCUT2D eigenvalue weighted by Gasteiger charge is -2.38. The van der Waals surface area contributed by atoms with Crippen molar-refractivity contribution < 1.29 is 19.4 Å². The highest BCUT2D eigenvalue weighted by molar-refractivity contribution is 5.68. The van der Waals surface area contributed by atoms with Crippen LogP contribution in [0.25, 0.3) is 0 Å². The van der Waals surface area contributed by atoms with Crippen LogP contribution >= 0.6 is 0 Å². The number of carboxylic acids is 1. The molecule has 6 heteroatoms. The molecule has 0 unspecified atom stereocenters. The summed E-state index contributed by atoms with van der Waals surface area (Å²) in [5.74, 6) is -0.930. The van der Waals surface area contributed by atoms with Crippen LogP contribution in [0.3, 0.4) is 0 Å². The summed E-state index contributed by atoms with van der Waals surface area (Å²) in [6, 6.07) is 11.3. The molecule has 2 saturated heterocycles. The van der Waals surface area contributed by atoms with Gasteiger partial charge in [-0.3, -0.25) is 0 Å². The van der Waals surface area contributed by atoms with E-state index in [-0.39, 0.29) is 18.8 Å². The van der Waals surface area contributed by atoms with Crippen LogP contribution in [0.2, 0.25) is 0 Å². The molecule has 1 aromatic rings. The van der Waals surface area contributed by atoms with Crippen molar-refractivity contribution in [2.45, 2.75) is 43.9 Å². The molecular formula is C20H30N2O4. The van der Waals surface area contributed by atoms with Gasteiger partial charge in [0.1, 0.15) is 6.61 Å². The molecule has 2 fully saturated rings. The van der Waals surface area contributed by atoms with E-state index in [1.165, 1.54) is 5.56 Å². The molecule has 0 aliphatic carbocycles. The third kappa shape index (κ3) is 6.06. The van der Waals surface area contributed by atoms with Gasteiger partial charge < -0.3 is 24.8 Å². The molecule has 1 aromatic carbocycles. The van der Waals surface area contributed by atoms with E-state index in [4.69, 9.17) is 14.6 Å². The summed E-state index contributed by atoms with van der Waals surface area (Å²) in [5, 5.41) is 12.5. The number of rotatable bonds is 8. The Morgan fingerprint density at radius 3 is 2.73 bits per heavy atom. The number of aliphatic carboxylic acids is 1. The normalized spacial score (nSPS) is 25.2. The smallest absolute Gasteiger partial charge is 0.329 e. The Balaban J connectivity index is 1.39. The van der Waals surface area contributed by atoms with E-state index < -0.39 is 5.97 Å². The summed E-state index contributed by atoms with van der Waals surface area (Å²) in [6.45, 7) is 4.24. The Hall–Kier alpha value is -1.47. The van der Waals surface area contributed by atoms with Crippen molar-refractivity contribution in [3.63, 3.8) is 0 Å². The van der Waals surface area contributed by atoms with Crippen LogP contribution in [0.4, 0.5) is 0 Å². The van der Waals surface area contributed by atoms with E-state index in [0.717, 1.165) is 45.3 Å². The number of hydrogen-bond acceptors (Lipinski definition) is 5. The summed E-state index contributed by atoms with van der Waals surface area (Å²) >= 11 is 0. The maximum atomic E-state index is 10.7. The topological polar surface area (TPSA) is 71.0 Å². The Labute approximate surface area is 155 Å². The average molecular weight is 362 g/mol. The second kappa shape index (κ2) is 10.0. The molecule has 26 heavy (non-hydrogen) atoms. The van der Waals surface area contributed by atoms with Crippen LogP contribution in [-0.4, -0.2) is 73.6 Å². The number of hydrogen-bond donors (Lipinski definition) is 2. The molecule has 3 rings (SSSR count). The van der Waals surface area contributed by atoms with Crippen molar-refractivity contribution >= 4 is 5.97 Å². The van der Waals surface area contributed by atoms with Crippen LogP contribution in [-0.2, 0) is 20.7 Å². The third-order valence-electron chi connectivity index (χ3n) is 5.32. The molecule has 0 amide bonds. The van der Waals surface area contributed by atoms with Crippen LogP contribution in [0.5, 0.6) is 0 Å². The summed E-state index contributed by atoms with van der Waals surface area (Å²) < 4.78 is 11.0. The fraction of sp³-hybridized carbons (Fsp3) is 0.650. The molecule has 0 spiro atoms. The van der Waals surface area contributed by atoms with Gasteiger partial charge in [-0.05, 0) is 44.3 Å². The van der Waals surface area contributed by atoms with Crippen molar-refractivity contribution in [3.05, 3.63) is 35.9 Å². The zero-order chi connectivity index (χ0) is 18.2. The molecule has 2 N–H and O–H groups in total. The minimum absolute atomic E-state index is 0.170. The van der Waals surface area contributed by atoms with E-state index in [2.05, 4.69) is 40.5 Å². The van der Waals surface area contributed by atoms with Gasteiger partial charge in [0.25, 0.3) is 0 Å². The van der Waals surface area contributed by atoms with E-state index in [1.54, 1.807) is 0 Å². The third-order valence-corrected chi connectivity index (χ3v) is 5.32. The van der Waals surface area contributed by atoms with Crippen LogP contribution < -0.4 is 5.32 Å². The number of likely N-dealkylation sites (tertiary alicyclic amines) is 1. The highest BCUT2D eigenvalue weighted by atomic mass is 16.5. The Kier molecular flexibility index (Phi) is 7.43. The standard InChI is InChI=1S/C20H30N2O4/c23-20(24)15-26-19-14-25-13-9-18(19)21-17-7-11-22(12-8-17)10-6-16-4-2-1-3-5-16/h1-5,17-19,21H,6-15H2,(H,23,24)/t18-,19-/m1/s1. The molecule has 2 aliphatic rings. The average Bonchev–Trinajstić information content (AvgIpc) is 2.67. The summed E-state index contributed by atoms with van der Waals surface area (Å²) in [7, 11) is 0. The molecule has 0 aromatic heterocycles. The van der Waals surface area contributed by atoms with Crippen molar-refractivity contribution in [3.8, 4) is 0 Å².